The number of nitrogens with one attached hydrogen (secondary N) is 1. The first-order valence-corrected chi connectivity index (χ1v) is 11.3. The van der Waals surface area contributed by atoms with E-state index in [0.29, 0.717) is 44.3 Å². The molecule has 2 aromatic rings. The fraction of sp³-hybridized carbons (Fsp3) is 0.611. The number of sulfonamides is 1. The van der Waals surface area contributed by atoms with Gasteiger partial charge < -0.3 is 19.3 Å². The average molecular weight is 424 g/mol. The molecule has 0 atom stereocenters. The largest absolute Gasteiger partial charge is 0.364 e. The maximum atomic E-state index is 12.6. The van der Waals surface area contributed by atoms with Gasteiger partial charge in [0, 0.05) is 58.2 Å². The van der Waals surface area contributed by atoms with E-state index >= 15 is 0 Å². The molecule has 3 heterocycles. The molecule has 1 aliphatic rings. The zero-order chi connectivity index (χ0) is 20.9. The molecule has 10 nitrogen and oxygen atoms in total. The fourth-order valence-electron chi connectivity index (χ4n) is 3.33. The van der Waals surface area contributed by atoms with Crippen molar-refractivity contribution >= 4 is 16.0 Å². The molecule has 0 aromatic carbocycles. The van der Waals surface area contributed by atoms with Gasteiger partial charge in [0.15, 0.2) is 5.96 Å². The SMILES string of the molecule is CN=C(NCc1nccn1CC(C)C)N1CCN(S(=O)(=O)Cc2ccon2)CC1. The number of nitrogens with zero attached hydrogens (tertiary/aromatic N) is 6. The van der Waals surface area contributed by atoms with Crippen LogP contribution in [0.3, 0.4) is 0 Å². The van der Waals surface area contributed by atoms with Crippen LogP contribution in [-0.2, 0) is 28.9 Å². The van der Waals surface area contributed by atoms with E-state index in [1.165, 1.54) is 10.6 Å². The van der Waals surface area contributed by atoms with Crippen LogP contribution in [-0.4, -0.2) is 71.5 Å². The van der Waals surface area contributed by atoms with Gasteiger partial charge in [-0.05, 0) is 5.92 Å². The maximum Gasteiger partial charge on any atom is 0.220 e. The van der Waals surface area contributed by atoms with Crippen LogP contribution in [0.25, 0.3) is 0 Å². The van der Waals surface area contributed by atoms with Gasteiger partial charge in [-0.3, -0.25) is 4.99 Å². The van der Waals surface area contributed by atoms with Crippen LogP contribution in [0.1, 0.15) is 25.4 Å². The van der Waals surface area contributed by atoms with Gasteiger partial charge in [0.2, 0.25) is 10.0 Å². The number of aliphatic imine (C=N–C) groups is 1. The first-order valence-electron chi connectivity index (χ1n) is 9.71. The molecule has 0 unspecified atom stereocenters. The molecule has 0 radical (unpaired) electrons. The molecule has 0 spiro atoms. The van der Waals surface area contributed by atoms with Crippen molar-refractivity contribution in [1.82, 2.24) is 29.2 Å². The summed E-state index contributed by atoms with van der Waals surface area (Å²) in [6.07, 6.45) is 5.17. The van der Waals surface area contributed by atoms with E-state index in [2.05, 4.69) is 43.8 Å². The minimum Gasteiger partial charge on any atom is -0.364 e. The van der Waals surface area contributed by atoms with E-state index in [4.69, 9.17) is 4.52 Å². The highest BCUT2D eigenvalue weighted by Crippen LogP contribution is 2.13. The average Bonchev–Trinajstić information content (AvgIpc) is 3.34. The van der Waals surface area contributed by atoms with Gasteiger partial charge >= 0.3 is 0 Å². The summed E-state index contributed by atoms with van der Waals surface area (Å²) in [4.78, 5) is 10.8. The molecule has 160 valence electrons. The maximum absolute atomic E-state index is 12.6. The van der Waals surface area contributed by atoms with Crippen LogP contribution in [0.5, 0.6) is 0 Å². The summed E-state index contributed by atoms with van der Waals surface area (Å²) >= 11 is 0. The van der Waals surface area contributed by atoms with Crippen molar-refractivity contribution in [2.24, 2.45) is 10.9 Å². The second kappa shape index (κ2) is 9.40. The summed E-state index contributed by atoms with van der Waals surface area (Å²) < 4.78 is 33.5. The van der Waals surface area contributed by atoms with Crippen molar-refractivity contribution in [2.75, 3.05) is 33.2 Å². The molecule has 2 aromatic heterocycles. The molecule has 0 bridgehead atoms. The Morgan fingerprint density at radius 3 is 2.69 bits per heavy atom. The molecule has 1 saturated heterocycles. The standard InChI is InChI=1S/C18H29N7O3S/c1-15(2)13-24-6-5-20-17(24)12-21-18(19-3)23-7-9-25(10-8-23)29(26,27)14-16-4-11-28-22-16/h4-6,11,15H,7-10,12-14H2,1-3H3,(H,19,21). The first-order chi connectivity index (χ1) is 13.9. The Morgan fingerprint density at radius 2 is 2.07 bits per heavy atom. The topological polar surface area (TPSA) is 109 Å². The van der Waals surface area contributed by atoms with E-state index in [0.717, 1.165) is 18.3 Å². The molecular formula is C18H29N7O3S. The molecule has 1 aliphatic heterocycles. The lowest BCUT2D eigenvalue weighted by Gasteiger charge is -2.35. The van der Waals surface area contributed by atoms with Gasteiger partial charge in [-0.2, -0.15) is 4.31 Å². The summed E-state index contributed by atoms with van der Waals surface area (Å²) in [5.74, 6) is 2.09. The predicted molar refractivity (Wildman–Crippen MR) is 110 cm³/mol. The highest BCUT2D eigenvalue weighted by molar-refractivity contribution is 7.88. The van der Waals surface area contributed by atoms with Crippen LogP contribution >= 0.6 is 0 Å². The summed E-state index contributed by atoms with van der Waals surface area (Å²) in [6, 6.07) is 1.57. The van der Waals surface area contributed by atoms with Gasteiger partial charge in [-0.25, -0.2) is 13.4 Å². The van der Waals surface area contributed by atoms with Crippen molar-refractivity contribution < 1.29 is 12.9 Å². The third-order valence-electron chi connectivity index (χ3n) is 4.73. The normalized spacial score (nSPS) is 16.6. The molecule has 3 rings (SSSR count). The van der Waals surface area contributed by atoms with Gasteiger partial charge in [0.05, 0.1) is 12.2 Å². The number of piperazine rings is 1. The van der Waals surface area contributed by atoms with Gasteiger partial charge in [-0.1, -0.05) is 19.0 Å². The minimum atomic E-state index is -3.42. The third kappa shape index (κ3) is 5.57. The molecular weight excluding hydrogens is 394 g/mol. The fourth-order valence-corrected chi connectivity index (χ4v) is 4.75. The van der Waals surface area contributed by atoms with Gasteiger partial charge in [0.1, 0.15) is 17.8 Å². The molecule has 0 amide bonds. The number of aromatic nitrogens is 3. The monoisotopic (exact) mass is 423 g/mol. The highest BCUT2D eigenvalue weighted by Gasteiger charge is 2.29. The predicted octanol–water partition coefficient (Wildman–Crippen LogP) is 0.750. The Morgan fingerprint density at radius 1 is 1.31 bits per heavy atom. The summed E-state index contributed by atoms with van der Waals surface area (Å²) in [5.41, 5.74) is 0.418. The number of hydrogen-bond acceptors (Lipinski definition) is 6. The zero-order valence-electron chi connectivity index (χ0n) is 17.2. The first kappa shape index (κ1) is 21.3. The zero-order valence-corrected chi connectivity index (χ0v) is 18.0. The quantitative estimate of drug-likeness (QED) is 0.517. The second-order valence-corrected chi connectivity index (χ2v) is 9.39. The lowest BCUT2D eigenvalue weighted by Crippen LogP contribution is -2.53. The summed E-state index contributed by atoms with van der Waals surface area (Å²) in [7, 11) is -1.68. The molecule has 1 N–H and O–H groups in total. The lowest BCUT2D eigenvalue weighted by atomic mass is 10.2. The van der Waals surface area contributed by atoms with Crippen LogP contribution in [0.2, 0.25) is 0 Å². The number of imidazole rings is 1. The lowest BCUT2D eigenvalue weighted by molar-refractivity contribution is 0.259. The van der Waals surface area contributed by atoms with E-state index in [1.54, 1.807) is 19.3 Å². The van der Waals surface area contributed by atoms with Crippen molar-refractivity contribution in [3.05, 3.63) is 36.2 Å². The van der Waals surface area contributed by atoms with Crippen molar-refractivity contribution in [1.29, 1.82) is 0 Å². The van der Waals surface area contributed by atoms with Crippen LogP contribution in [0, 0.1) is 5.92 Å². The summed E-state index contributed by atoms with van der Waals surface area (Å²) in [6.45, 7) is 7.77. The number of guanidine groups is 1. The van der Waals surface area contributed by atoms with Crippen molar-refractivity contribution in [3.63, 3.8) is 0 Å². The molecule has 1 fully saturated rings. The molecule has 29 heavy (non-hydrogen) atoms. The van der Waals surface area contributed by atoms with E-state index in [-0.39, 0.29) is 5.75 Å². The van der Waals surface area contributed by atoms with E-state index in [9.17, 15) is 8.42 Å². The third-order valence-corrected chi connectivity index (χ3v) is 6.55. The van der Waals surface area contributed by atoms with Crippen LogP contribution < -0.4 is 5.32 Å². The smallest absolute Gasteiger partial charge is 0.220 e. The highest BCUT2D eigenvalue weighted by atomic mass is 32.2. The number of rotatable bonds is 7. The van der Waals surface area contributed by atoms with E-state index < -0.39 is 10.0 Å². The van der Waals surface area contributed by atoms with Crippen LogP contribution in [0.4, 0.5) is 0 Å². The Kier molecular flexibility index (Phi) is 6.91. The van der Waals surface area contributed by atoms with E-state index in [1.807, 2.05) is 6.20 Å². The van der Waals surface area contributed by atoms with Crippen molar-refractivity contribution in [3.8, 4) is 0 Å². The van der Waals surface area contributed by atoms with Gasteiger partial charge in [-0.15, -0.1) is 0 Å². The molecule has 11 heteroatoms. The van der Waals surface area contributed by atoms with Crippen LogP contribution in [0.15, 0.2) is 34.2 Å². The Balaban J connectivity index is 1.53. The summed E-state index contributed by atoms with van der Waals surface area (Å²) in [5, 5.41) is 7.05. The molecule has 0 aliphatic carbocycles. The Hall–Kier alpha value is -2.40. The van der Waals surface area contributed by atoms with Gasteiger partial charge in [0.25, 0.3) is 0 Å². The Labute approximate surface area is 171 Å². The second-order valence-electron chi connectivity index (χ2n) is 7.42. The van der Waals surface area contributed by atoms with Crippen molar-refractivity contribution in [2.45, 2.75) is 32.7 Å². The molecule has 0 saturated carbocycles. The number of hydrogen-bond donors (Lipinski definition) is 1. The Bertz CT molecular complexity index is 898. The minimum absolute atomic E-state index is 0.144.